The first-order valence-electron chi connectivity index (χ1n) is 5.07. The highest BCUT2D eigenvalue weighted by Crippen LogP contribution is 2.27. The molecular weight excluding hydrogens is 197 g/mol. The van der Waals surface area contributed by atoms with Gasteiger partial charge in [-0.15, -0.1) is 0 Å². The lowest BCUT2D eigenvalue weighted by atomic mass is 9.93. The summed E-state index contributed by atoms with van der Waals surface area (Å²) in [7, 11) is 3.11. The third kappa shape index (κ3) is 2.46. The van der Waals surface area contributed by atoms with Gasteiger partial charge in [0.25, 0.3) is 5.91 Å². The number of piperidine rings is 1. The molecule has 86 valence electrons. The van der Waals surface area contributed by atoms with Crippen molar-refractivity contribution in [3.63, 3.8) is 0 Å². The van der Waals surface area contributed by atoms with Crippen molar-refractivity contribution >= 4 is 11.7 Å². The summed E-state index contributed by atoms with van der Waals surface area (Å²) in [5.41, 5.74) is -1.82. The van der Waals surface area contributed by atoms with E-state index in [4.69, 9.17) is 5.41 Å². The number of hydrogen-bond acceptors (Lipinski definition) is 2. The molecule has 0 aliphatic carbocycles. The van der Waals surface area contributed by atoms with Crippen LogP contribution in [0.15, 0.2) is 0 Å². The van der Waals surface area contributed by atoms with Crippen molar-refractivity contribution in [3.05, 3.63) is 0 Å². The van der Waals surface area contributed by atoms with Crippen molar-refractivity contribution in [3.8, 4) is 0 Å². The van der Waals surface area contributed by atoms with E-state index in [2.05, 4.69) is 0 Å². The molecule has 1 fully saturated rings. The van der Waals surface area contributed by atoms with E-state index >= 15 is 0 Å². The molecule has 1 atom stereocenters. The van der Waals surface area contributed by atoms with Gasteiger partial charge in [0.2, 0.25) is 5.67 Å². The van der Waals surface area contributed by atoms with Gasteiger partial charge < -0.3 is 9.80 Å². The molecular formula is C10H18FN3O. The van der Waals surface area contributed by atoms with Crippen LogP contribution in [-0.4, -0.2) is 54.4 Å². The van der Waals surface area contributed by atoms with Crippen LogP contribution in [0.4, 0.5) is 4.39 Å². The lowest BCUT2D eigenvalue weighted by molar-refractivity contribution is -0.144. The first-order chi connectivity index (χ1) is 6.87. The van der Waals surface area contributed by atoms with Crippen molar-refractivity contribution in [1.82, 2.24) is 9.80 Å². The monoisotopic (exact) mass is 215 g/mol. The summed E-state index contributed by atoms with van der Waals surface area (Å²) in [5.74, 6) is -0.170. The molecule has 0 aromatic carbocycles. The molecule has 1 N–H and O–H groups in total. The van der Waals surface area contributed by atoms with E-state index in [1.54, 1.807) is 25.9 Å². The van der Waals surface area contributed by atoms with Gasteiger partial charge in [0.05, 0.1) is 12.4 Å². The number of carbonyl (C=O) groups is 1. The summed E-state index contributed by atoms with van der Waals surface area (Å²) >= 11 is 0. The van der Waals surface area contributed by atoms with Crippen molar-refractivity contribution in [2.24, 2.45) is 0 Å². The number of amides is 1. The first kappa shape index (κ1) is 11.9. The second-order valence-electron chi connectivity index (χ2n) is 4.28. The maximum absolute atomic E-state index is 14.3. The molecule has 4 nitrogen and oxygen atoms in total. The molecule has 1 aliphatic heterocycles. The Balaban J connectivity index is 2.76. The number of nitrogens with zero attached hydrogens (tertiary/aromatic N) is 2. The average Bonchev–Trinajstić information content (AvgIpc) is 2.16. The molecule has 0 bridgehead atoms. The van der Waals surface area contributed by atoms with Crippen molar-refractivity contribution in [1.29, 1.82) is 5.41 Å². The van der Waals surface area contributed by atoms with E-state index in [0.29, 0.717) is 18.8 Å². The third-order valence-corrected chi connectivity index (χ3v) is 2.71. The van der Waals surface area contributed by atoms with E-state index in [9.17, 15) is 9.18 Å². The number of rotatable bonds is 1. The van der Waals surface area contributed by atoms with Gasteiger partial charge in [-0.3, -0.25) is 10.2 Å². The van der Waals surface area contributed by atoms with Gasteiger partial charge in [0.1, 0.15) is 0 Å². The van der Waals surface area contributed by atoms with Crippen LogP contribution >= 0.6 is 0 Å². The van der Waals surface area contributed by atoms with Crippen LogP contribution in [0.5, 0.6) is 0 Å². The van der Waals surface area contributed by atoms with E-state index < -0.39 is 11.6 Å². The van der Waals surface area contributed by atoms with Gasteiger partial charge in [-0.25, -0.2) is 4.39 Å². The highest BCUT2D eigenvalue weighted by molar-refractivity contribution is 5.86. The third-order valence-electron chi connectivity index (χ3n) is 2.71. The van der Waals surface area contributed by atoms with Crippen LogP contribution in [0.1, 0.15) is 19.8 Å². The molecule has 1 amide bonds. The van der Waals surface area contributed by atoms with E-state index in [0.717, 1.165) is 0 Å². The zero-order valence-corrected chi connectivity index (χ0v) is 9.51. The largest absolute Gasteiger partial charge is 0.357 e. The summed E-state index contributed by atoms with van der Waals surface area (Å²) in [6, 6.07) is 0. The highest BCUT2D eigenvalue weighted by Gasteiger charge is 2.43. The number of amidine groups is 1. The second-order valence-corrected chi connectivity index (χ2v) is 4.28. The Kier molecular flexibility index (Phi) is 3.31. The summed E-state index contributed by atoms with van der Waals surface area (Å²) in [4.78, 5) is 14.5. The molecule has 0 spiro atoms. The fourth-order valence-electron chi connectivity index (χ4n) is 1.87. The van der Waals surface area contributed by atoms with Gasteiger partial charge in [-0.1, -0.05) is 0 Å². The predicted molar refractivity (Wildman–Crippen MR) is 56.7 cm³/mol. The van der Waals surface area contributed by atoms with Crippen LogP contribution in [0.25, 0.3) is 0 Å². The number of nitrogens with one attached hydrogen (secondary N) is 1. The minimum atomic E-state index is -1.82. The Hall–Kier alpha value is -1.13. The Morgan fingerprint density at radius 2 is 2.13 bits per heavy atom. The summed E-state index contributed by atoms with van der Waals surface area (Å²) < 4.78 is 14.3. The fraction of sp³-hybridized carbons (Fsp3) is 0.800. The predicted octanol–water partition coefficient (Wildman–Crippen LogP) is 0.876. The van der Waals surface area contributed by atoms with Crippen LogP contribution in [0.3, 0.4) is 0 Å². The molecule has 5 heteroatoms. The zero-order chi connectivity index (χ0) is 11.6. The molecule has 1 unspecified atom stereocenters. The molecule has 0 aromatic rings. The Labute approximate surface area is 89.5 Å². The quantitative estimate of drug-likeness (QED) is 0.521. The first-order valence-corrected chi connectivity index (χ1v) is 5.07. The van der Waals surface area contributed by atoms with Crippen LogP contribution in [0.2, 0.25) is 0 Å². The SMILES string of the molecule is CC(=N)N1CCCC(F)(C(=O)N(C)C)C1. The normalized spacial score (nSPS) is 26.3. The van der Waals surface area contributed by atoms with E-state index in [-0.39, 0.29) is 13.0 Å². The Morgan fingerprint density at radius 3 is 2.60 bits per heavy atom. The number of halogens is 1. The van der Waals surface area contributed by atoms with E-state index in [1.165, 1.54) is 4.90 Å². The second kappa shape index (κ2) is 4.16. The van der Waals surface area contributed by atoms with Crippen molar-refractivity contribution < 1.29 is 9.18 Å². The number of likely N-dealkylation sites (tertiary alicyclic amines) is 1. The van der Waals surface area contributed by atoms with Gasteiger partial charge in [-0.05, 0) is 19.8 Å². The lowest BCUT2D eigenvalue weighted by Gasteiger charge is -2.38. The Bertz CT molecular complexity index is 280. The van der Waals surface area contributed by atoms with E-state index in [1.807, 2.05) is 0 Å². The molecule has 0 radical (unpaired) electrons. The van der Waals surface area contributed by atoms with Gasteiger partial charge >= 0.3 is 0 Å². The summed E-state index contributed by atoms with van der Waals surface area (Å²) in [6.07, 6.45) is 0.875. The smallest absolute Gasteiger partial charge is 0.261 e. The maximum atomic E-state index is 14.3. The minimum absolute atomic E-state index is 0.0132. The molecule has 1 saturated heterocycles. The maximum Gasteiger partial charge on any atom is 0.261 e. The minimum Gasteiger partial charge on any atom is -0.357 e. The van der Waals surface area contributed by atoms with Crippen LogP contribution in [-0.2, 0) is 4.79 Å². The molecule has 0 aromatic heterocycles. The number of hydrogen-bond donors (Lipinski definition) is 1. The van der Waals surface area contributed by atoms with Crippen molar-refractivity contribution in [2.75, 3.05) is 27.2 Å². The Morgan fingerprint density at radius 1 is 1.53 bits per heavy atom. The highest BCUT2D eigenvalue weighted by atomic mass is 19.1. The van der Waals surface area contributed by atoms with Gasteiger partial charge in [0.15, 0.2) is 0 Å². The van der Waals surface area contributed by atoms with Gasteiger partial charge in [0, 0.05) is 20.6 Å². The summed E-state index contributed by atoms with van der Waals surface area (Å²) in [5, 5.41) is 7.45. The summed E-state index contributed by atoms with van der Waals surface area (Å²) in [6.45, 7) is 2.30. The van der Waals surface area contributed by atoms with Crippen LogP contribution < -0.4 is 0 Å². The van der Waals surface area contributed by atoms with Gasteiger partial charge in [-0.2, -0.15) is 0 Å². The zero-order valence-electron chi connectivity index (χ0n) is 9.51. The lowest BCUT2D eigenvalue weighted by Crippen LogP contribution is -2.54. The molecule has 0 saturated carbocycles. The van der Waals surface area contributed by atoms with Crippen LogP contribution in [0, 0.1) is 5.41 Å². The topological polar surface area (TPSA) is 47.4 Å². The number of carbonyl (C=O) groups excluding carboxylic acids is 1. The molecule has 1 heterocycles. The standard InChI is InChI=1S/C10H18FN3O/c1-8(12)14-6-4-5-10(11,7-14)9(15)13(2)3/h12H,4-7H2,1-3H3. The molecule has 1 aliphatic rings. The molecule has 15 heavy (non-hydrogen) atoms. The number of alkyl halides is 1. The van der Waals surface area contributed by atoms with Crippen molar-refractivity contribution in [2.45, 2.75) is 25.4 Å². The molecule has 1 rings (SSSR count). The fourth-order valence-corrected chi connectivity index (χ4v) is 1.87. The average molecular weight is 215 g/mol.